The van der Waals surface area contributed by atoms with Crippen LogP contribution in [0.15, 0.2) is 40.9 Å². The van der Waals surface area contributed by atoms with Crippen molar-refractivity contribution in [2.45, 2.75) is 37.5 Å². The molecular weight excluding hydrogens is 302 g/mol. The number of carbonyl (C=O) groups excluding carboxylic acids is 1. The molecule has 0 fully saturated rings. The smallest absolute Gasteiger partial charge is 0.253 e. The van der Waals surface area contributed by atoms with Gasteiger partial charge in [-0.25, -0.2) is 13.1 Å². The second-order valence-electron chi connectivity index (χ2n) is 5.29. The quantitative estimate of drug-likeness (QED) is 0.690. The van der Waals surface area contributed by atoms with E-state index in [1.807, 2.05) is 13.0 Å². The van der Waals surface area contributed by atoms with Crippen LogP contribution in [-0.2, 0) is 14.8 Å². The van der Waals surface area contributed by atoms with Crippen molar-refractivity contribution in [1.82, 2.24) is 15.6 Å². The number of benzene rings is 1. The second-order valence-corrected chi connectivity index (χ2v) is 7.05. The summed E-state index contributed by atoms with van der Waals surface area (Å²) in [6.07, 6.45) is 6.19. The average molecular weight is 323 g/mol. The van der Waals surface area contributed by atoms with E-state index in [2.05, 4.69) is 15.6 Å². The Balaban J connectivity index is 1.82. The predicted molar refractivity (Wildman–Crippen MR) is 84.2 cm³/mol. The summed E-state index contributed by atoms with van der Waals surface area (Å²) in [5, 5.41) is 0. The van der Waals surface area contributed by atoms with Crippen LogP contribution in [0.1, 0.15) is 31.2 Å². The lowest BCUT2D eigenvalue weighted by atomic mass is 10.1. The fourth-order valence-corrected chi connectivity index (χ4v) is 3.09. The molecule has 0 heterocycles. The van der Waals surface area contributed by atoms with Crippen LogP contribution < -0.4 is 15.6 Å². The van der Waals surface area contributed by atoms with E-state index < -0.39 is 15.9 Å². The van der Waals surface area contributed by atoms with E-state index in [9.17, 15) is 13.2 Å². The molecule has 1 aliphatic rings. The molecule has 1 amide bonds. The molecule has 2 rings (SSSR count). The molecule has 0 atom stereocenters. The van der Waals surface area contributed by atoms with Crippen LogP contribution in [0.2, 0.25) is 0 Å². The van der Waals surface area contributed by atoms with Gasteiger partial charge in [0, 0.05) is 5.70 Å². The molecule has 0 spiro atoms. The van der Waals surface area contributed by atoms with E-state index in [1.54, 1.807) is 12.1 Å². The average Bonchev–Trinajstić information content (AvgIpc) is 2.52. The lowest BCUT2D eigenvalue weighted by Gasteiger charge is -2.15. The summed E-state index contributed by atoms with van der Waals surface area (Å²) in [5.74, 6) is -0.429. The van der Waals surface area contributed by atoms with Crippen LogP contribution in [0, 0.1) is 6.92 Å². The van der Waals surface area contributed by atoms with Gasteiger partial charge >= 0.3 is 0 Å². The maximum Gasteiger partial charge on any atom is 0.253 e. The minimum Gasteiger partial charge on any atom is -0.303 e. The Morgan fingerprint density at radius 3 is 2.55 bits per heavy atom. The highest BCUT2D eigenvalue weighted by Crippen LogP contribution is 2.14. The summed E-state index contributed by atoms with van der Waals surface area (Å²) >= 11 is 0. The Bertz CT molecular complexity index is 651. The first-order valence-corrected chi connectivity index (χ1v) is 8.76. The first kappa shape index (κ1) is 16.5. The van der Waals surface area contributed by atoms with Crippen molar-refractivity contribution in [2.24, 2.45) is 0 Å². The number of hydrogen-bond donors (Lipinski definition) is 3. The van der Waals surface area contributed by atoms with Gasteiger partial charge in [0.05, 0.1) is 11.4 Å². The maximum absolute atomic E-state index is 12.0. The van der Waals surface area contributed by atoms with Crippen molar-refractivity contribution in [3.63, 3.8) is 0 Å². The summed E-state index contributed by atoms with van der Waals surface area (Å²) < 4.78 is 26.3. The summed E-state index contributed by atoms with van der Waals surface area (Å²) in [6, 6.07) is 6.46. The Labute approximate surface area is 131 Å². The molecule has 0 bridgehead atoms. The van der Waals surface area contributed by atoms with Crippen LogP contribution in [0.4, 0.5) is 0 Å². The number of nitrogens with one attached hydrogen (secondary N) is 3. The van der Waals surface area contributed by atoms with E-state index in [0.29, 0.717) is 0 Å². The summed E-state index contributed by atoms with van der Waals surface area (Å²) in [5.41, 5.74) is 7.28. The monoisotopic (exact) mass is 323 g/mol. The van der Waals surface area contributed by atoms with Crippen LogP contribution in [0.25, 0.3) is 0 Å². The summed E-state index contributed by atoms with van der Waals surface area (Å²) in [7, 11) is -3.67. The Morgan fingerprint density at radius 1 is 1.18 bits per heavy atom. The number of sulfonamides is 1. The normalized spacial score (nSPS) is 15.0. The van der Waals surface area contributed by atoms with Crippen molar-refractivity contribution < 1.29 is 13.2 Å². The number of hydrogen-bond acceptors (Lipinski definition) is 4. The number of hydrazine groups is 1. The Morgan fingerprint density at radius 2 is 1.91 bits per heavy atom. The first-order valence-electron chi connectivity index (χ1n) is 7.27. The molecule has 0 saturated heterocycles. The van der Waals surface area contributed by atoms with E-state index in [1.165, 1.54) is 12.1 Å². The minimum absolute atomic E-state index is 0.147. The van der Waals surface area contributed by atoms with E-state index in [-0.39, 0.29) is 11.4 Å². The number of allylic oxidation sites excluding steroid dienone is 2. The molecule has 7 heteroatoms. The molecule has 120 valence electrons. The fraction of sp³-hybridized carbons (Fsp3) is 0.400. The van der Waals surface area contributed by atoms with Gasteiger partial charge in [-0.15, -0.1) is 0 Å². The zero-order valence-electron chi connectivity index (χ0n) is 12.6. The highest BCUT2D eigenvalue weighted by Gasteiger charge is 2.15. The lowest BCUT2D eigenvalue weighted by molar-refractivity contribution is -0.120. The van der Waals surface area contributed by atoms with Gasteiger partial charge < -0.3 is 5.43 Å². The van der Waals surface area contributed by atoms with Gasteiger partial charge in [-0.2, -0.15) is 0 Å². The number of aryl methyl sites for hydroxylation is 1. The highest BCUT2D eigenvalue weighted by atomic mass is 32.2. The van der Waals surface area contributed by atoms with Crippen molar-refractivity contribution in [3.05, 3.63) is 41.6 Å². The van der Waals surface area contributed by atoms with Gasteiger partial charge in [-0.1, -0.05) is 23.8 Å². The molecule has 0 saturated carbocycles. The maximum atomic E-state index is 12.0. The number of rotatable bonds is 6. The molecule has 0 aliphatic heterocycles. The molecule has 0 radical (unpaired) electrons. The molecule has 3 N–H and O–H groups in total. The number of carbonyl (C=O) groups is 1. The predicted octanol–water partition coefficient (Wildman–Crippen LogP) is 1.35. The fourth-order valence-electron chi connectivity index (χ4n) is 2.11. The van der Waals surface area contributed by atoms with Crippen molar-refractivity contribution in [1.29, 1.82) is 0 Å². The second kappa shape index (κ2) is 7.42. The Kier molecular flexibility index (Phi) is 5.57. The third-order valence-electron chi connectivity index (χ3n) is 3.41. The first-order chi connectivity index (χ1) is 10.5. The highest BCUT2D eigenvalue weighted by molar-refractivity contribution is 7.89. The van der Waals surface area contributed by atoms with Crippen molar-refractivity contribution in [3.8, 4) is 0 Å². The SMILES string of the molecule is Cc1ccc(S(=O)(=O)NCC(=O)NNC2=CCCCC2)cc1. The molecule has 6 nitrogen and oxygen atoms in total. The lowest BCUT2D eigenvalue weighted by Crippen LogP contribution is -2.43. The van der Waals surface area contributed by atoms with Gasteiger partial charge in [-0.05, 0) is 44.7 Å². The standard InChI is InChI=1S/C15H21N3O3S/c1-12-7-9-14(10-8-12)22(20,21)16-11-15(19)18-17-13-5-3-2-4-6-13/h5,7-10,16-17H,2-4,6,11H2,1H3,(H,18,19). The zero-order chi connectivity index (χ0) is 16.0. The molecule has 1 aromatic carbocycles. The van der Waals surface area contributed by atoms with Gasteiger partial charge in [0.25, 0.3) is 5.91 Å². The Hall–Kier alpha value is -1.86. The third-order valence-corrected chi connectivity index (χ3v) is 4.82. The van der Waals surface area contributed by atoms with Crippen LogP contribution >= 0.6 is 0 Å². The zero-order valence-corrected chi connectivity index (χ0v) is 13.4. The molecule has 1 aromatic rings. The van der Waals surface area contributed by atoms with Gasteiger partial charge in [0.15, 0.2) is 0 Å². The van der Waals surface area contributed by atoms with Gasteiger partial charge in [0.2, 0.25) is 10.0 Å². The minimum atomic E-state index is -3.67. The van der Waals surface area contributed by atoms with E-state index in [4.69, 9.17) is 0 Å². The molecule has 22 heavy (non-hydrogen) atoms. The van der Waals surface area contributed by atoms with Crippen LogP contribution in [-0.4, -0.2) is 20.9 Å². The molecular formula is C15H21N3O3S. The van der Waals surface area contributed by atoms with Crippen molar-refractivity contribution >= 4 is 15.9 Å². The van der Waals surface area contributed by atoms with E-state index in [0.717, 1.165) is 36.9 Å². The van der Waals surface area contributed by atoms with E-state index >= 15 is 0 Å². The van der Waals surface area contributed by atoms with Gasteiger partial charge in [0.1, 0.15) is 0 Å². The largest absolute Gasteiger partial charge is 0.303 e. The molecule has 1 aliphatic carbocycles. The number of amides is 1. The summed E-state index contributed by atoms with van der Waals surface area (Å²) in [4.78, 5) is 11.8. The topological polar surface area (TPSA) is 87.3 Å². The van der Waals surface area contributed by atoms with Crippen LogP contribution in [0.3, 0.4) is 0 Å². The van der Waals surface area contributed by atoms with Gasteiger partial charge in [-0.3, -0.25) is 10.2 Å². The third kappa shape index (κ3) is 4.85. The van der Waals surface area contributed by atoms with Crippen molar-refractivity contribution in [2.75, 3.05) is 6.54 Å². The molecule has 0 aromatic heterocycles. The van der Waals surface area contributed by atoms with Crippen LogP contribution in [0.5, 0.6) is 0 Å². The molecule has 0 unspecified atom stereocenters. The summed E-state index contributed by atoms with van der Waals surface area (Å²) in [6.45, 7) is 1.57.